The fourth-order valence-corrected chi connectivity index (χ4v) is 4.04. The lowest BCUT2D eigenvalue weighted by Crippen LogP contribution is -2.15. The van der Waals surface area contributed by atoms with Crippen LogP contribution in [-0.4, -0.2) is 28.5 Å². The van der Waals surface area contributed by atoms with Crippen LogP contribution in [0.5, 0.6) is 0 Å². The molecule has 136 valence electrons. The number of hydrogen-bond donors (Lipinski definition) is 0. The van der Waals surface area contributed by atoms with E-state index in [1.807, 2.05) is 17.5 Å². The Morgan fingerprint density at radius 1 is 1.23 bits per heavy atom. The smallest absolute Gasteiger partial charge is 0.196 e. The largest absolute Gasteiger partial charge is 0.302 e. The van der Waals surface area contributed by atoms with E-state index >= 15 is 0 Å². The Hall–Kier alpha value is -1.95. The maximum atomic E-state index is 10.7. The van der Waals surface area contributed by atoms with Crippen molar-refractivity contribution in [3.63, 3.8) is 0 Å². The van der Waals surface area contributed by atoms with Crippen LogP contribution < -0.4 is 5.43 Å². The second-order valence-electron chi connectivity index (χ2n) is 6.47. The molecular weight excluding hydrogens is 366 g/mol. The zero-order chi connectivity index (χ0) is 18.8. The Morgan fingerprint density at radius 3 is 2.58 bits per heavy atom. The van der Waals surface area contributed by atoms with Gasteiger partial charge in [-0.1, -0.05) is 30.7 Å². The fraction of sp³-hybridized carbons (Fsp3) is 0.300. The van der Waals surface area contributed by atoms with E-state index in [-0.39, 0.29) is 5.43 Å². The van der Waals surface area contributed by atoms with E-state index in [1.54, 1.807) is 18.2 Å². The highest BCUT2D eigenvalue weighted by Gasteiger charge is 2.13. The highest BCUT2D eigenvalue weighted by molar-refractivity contribution is 7.14. The first kappa shape index (κ1) is 18.8. The molecule has 26 heavy (non-hydrogen) atoms. The van der Waals surface area contributed by atoms with Crippen LogP contribution in [0.4, 0.5) is 0 Å². The van der Waals surface area contributed by atoms with Crippen molar-refractivity contribution in [2.24, 2.45) is 0 Å². The molecule has 4 nitrogen and oxygen atoms in total. The summed E-state index contributed by atoms with van der Waals surface area (Å²) in [7, 11) is 4.14. The van der Waals surface area contributed by atoms with Crippen molar-refractivity contribution in [1.82, 2.24) is 14.5 Å². The molecule has 2 aromatic carbocycles. The molecule has 4 aromatic rings. The van der Waals surface area contributed by atoms with Crippen LogP contribution in [0.3, 0.4) is 0 Å². The molecule has 0 aliphatic rings. The zero-order valence-corrected chi connectivity index (χ0v) is 17.0. The molecule has 0 fully saturated rings. The normalized spacial score (nSPS) is 11.3. The summed E-state index contributed by atoms with van der Waals surface area (Å²) in [6.07, 6.45) is 3.05. The molecule has 2 aromatic heterocycles. The van der Waals surface area contributed by atoms with Crippen molar-refractivity contribution in [2.75, 3.05) is 14.1 Å². The molecule has 0 bridgehead atoms. The van der Waals surface area contributed by atoms with E-state index in [1.165, 1.54) is 15.6 Å². The molecule has 0 unspecified atom stereocenters. The SMILES string of the molecule is CCc1ccc(-n2c(C)cnc2CN(C)C)s1.O=c1c2cccc(Cl)c12. The van der Waals surface area contributed by atoms with Crippen molar-refractivity contribution in [1.29, 1.82) is 0 Å². The fourth-order valence-electron chi connectivity index (χ4n) is 2.75. The summed E-state index contributed by atoms with van der Waals surface area (Å²) < 4.78 is 2.25. The summed E-state index contributed by atoms with van der Waals surface area (Å²) in [6.45, 7) is 5.17. The third-order valence-electron chi connectivity index (χ3n) is 4.11. The van der Waals surface area contributed by atoms with Crippen LogP contribution in [0, 0.1) is 6.92 Å². The molecule has 0 aliphatic carbocycles. The van der Waals surface area contributed by atoms with Gasteiger partial charge in [-0.2, -0.15) is 0 Å². The quantitative estimate of drug-likeness (QED) is 0.513. The maximum Gasteiger partial charge on any atom is 0.196 e. The monoisotopic (exact) mass is 387 g/mol. The number of halogens is 1. The summed E-state index contributed by atoms with van der Waals surface area (Å²) in [4.78, 5) is 18.7. The van der Waals surface area contributed by atoms with Gasteiger partial charge in [-0.3, -0.25) is 9.36 Å². The van der Waals surface area contributed by atoms with Crippen LogP contribution in [0.1, 0.15) is 23.3 Å². The van der Waals surface area contributed by atoms with Crippen molar-refractivity contribution in [3.8, 4) is 5.00 Å². The van der Waals surface area contributed by atoms with Crippen LogP contribution in [0.25, 0.3) is 15.8 Å². The van der Waals surface area contributed by atoms with Gasteiger partial charge in [0, 0.05) is 22.2 Å². The van der Waals surface area contributed by atoms with Gasteiger partial charge in [0.05, 0.1) is 17.0 Å². The second-order valence-corrected chi connectivity index (χ2v) is 8.03. The molecule has 0 spiro atoms. The molecule has 0 atom stereocenters. The maximum absolute atomic E-state index is 10.7. The van der Waals surface area contributed by atoms with Gasteiger partial charge in [0.15, 0.2) is 5.43 Å². The van der Waals surface area contributed by atoms with Gasteiger partial charge in [0.2, 0.25) is 0 Å². The molecule has 2 heterocycles. The van der Waals surface area contributed by atoms with Crippen LogP contribution >= 0.6 is 22.9 Å². The molecule has 0 amide bonds. The van der Waals surface area contributed by atoms with E-state index in [9.17, 15) is 4.79 Å². The standard InChI is InChI=1S/C13H19N3S.C7H3ClO/c1-5-11-6-7-13(17-11)16-10(2)8-14-12(16)9-15(3)4;8-5-3-1-2-4-6(5)7(4)9/h6-8H,5,9H2,1-4H3;1-3H. The minimum absolute atomic E-state index is 0.102. The summed E-state index contributed by atoms with van der Waals surface area (Å²) in [5.41, 5.74) is 1.30. The molecule has 0 aliphatic heterocycles. The van der Waals surface area contributed by atoms with Gasteiger partial charge in [-0.25, -0.2) is 4.98 Å². The zero-order valence-electron chi connectivity index (χ0n) is 15.4. The van der Waals surface area contributed by atoms with Gasteiger partial charge in [-0.05, 0) is 45.6 Å². The molecule has 0 N–H and O–H groups in total. The van der Waals surface area contributed by atoms with E-state index < -0.39 is 0 Å². The Kier molecular flexibility index (Phi) is 5.61. The molecule has 4 rings (SSSR count). The Bertz CT molecular complexity index is 1040. The molecule has 0 saturated heterocycles. The Labute approximate surface area is 162 Å². The summed E-state index contributed by atoms with van der Waals surface area (Å²) >= 11 is 7.49. The third kappa shape index (κ3) is 3.90. The highest BCUT2D eigenvalue weighted by atomic mass is 35.5. The molecular formula is C20H22ClN3OS. The minimum atomic E-state index is 0.102. The van der Waals surface area contributed by atoms with Crippen molar-refractivity contribution >= 4 is 33.7 Å². The van der Waals surface area contributed by atoms with Gasteiger partial charge in [0.1, 0.15) is 10.8 Å². The topological polar surface area (TPSA) is 38.1 Å². The summed E-state index contributed by atoms with van der Waals surface area (Å²) in [5.74, 6) is 1.11. The minimum Gasteiger partial charge on any atom is -0.302 e. The van der Waals surface area contributed by atoms with Gasteiger partial charge in [0.25, 0.3) is 0 Å². The molecule has 6 heteroatoms. The van der Waals surface area contributed by atoms with E-state index in [4.69, 9.17) is 11.6 Å². The lowest BCUT2D eigenvalue weighted by atomic mass is 10.4. The van der Waals surface area contributed by atoms with Gasteiger partial charge < -0.3 is 4.90 Å². The molecule has 0 radical (unpaired) electrons. The summed E-state index contributed by atoms with van der Waals surface area (Å²) in [6, 6.07) is 9.69. The van der Waals surface area contributed by atoms with E-state index in [0.29, 0.717) is 10.4 Å². The average molecular weight is 388 g/mol. The highest BCUT2D eigenvalue weighted by Crippen LogP contribution is 2.25. The Morgan fingerprint density at radius 2 is 2.00 bits per heavy atom. The number of imidazole rings is 1. The second kappa shape index (κ2) is 7.74. The summed E-state index contributed by atoms with van der Waals surface area (Å²) in [5, 5.41) is 3.34. The van der Waals surface area contributed by atoms with Gasteiger partial charge in [-0.15, -0.1) is 11.3 Å². The number of fused-ring (bicyclic) bond motifs is 1. The lowest BCUT2D eigenvalue weighted by molar-refractivity contribution is 0.388. The number of aryl methyl sites for hydroxylation is 2. The number of nitrogens with zero attached hydrogens (tertiary/aromatic N) is 3. The first-order valence-electron chi connectivity index (χ1n) is 8.52. The van der Waals surface area contributed by atoms with Crippen LogP contribution in [-0.2, 0) is 13.0 Å². The number of aromatic nitrogens is 2. The van der Waals surface area contributed by atoms with Crippen LogP contribution in [0.15, 0.2) is 41.3 Å². The lowest BCUT2D eigenvalue weighted by Gasteiger charge is -2.11. The average Bonchev–Trinajstić information content (AvgIpc) is 2.95. The number of thiophene rings is 1. The van der Waals surface area contributed by atoms with E-state index in [2.05, 4.69) is 54.5 Å². The first-order valence-corrected chi connectivity index (χ1v) is 9.72. The van der Waals surface area contributed by atoms with Gasteiger partial charge >= 0.3 is 0 Å². The third-order valence-corrected chi connectivity index (χ3v) is 5.64. The predicted octanol–water partition coefficient (Wildman–Crippen LogP) is 4.60. The van der Waals surface area contributed by atoms with Crippen molar-refractivity contribution < 1.29 is 0 Å². The first-order chi connectivity index (χ1) is 12.4. The number of rotatable bonds is 4. The van der Waals surface area contributed by atoms with E-state index in [0.717, 1.165) is 24.2 Å². The van der Waals surface area contributed by atoms with Crippen LogP contribution in [0.2, 0.25) is 5.02 Å². The van der Waals surface area contributed by atoms with Crippen molar-refractivity contribution in [3.05, 3.63) is 68.2 Å². The Balaban J connectivity index is 0.000000181. The predicted molar refractivity (Wildman–Crippen MR) is 111 cm³/mol. The number of hydrogen-bond acceptors (Lipinski definition) is 4. The van der Waals surface area contributed by atoms with Crippen molar-refractivity contribution in [2.45, 2.75) is 26.8 Å². The number of benzene rings is 1. The molecule has 0 saturated carbocycles.